The molecule has 32 heavy (non-hydrogen) atoms. The summed E-state index contributed by atoms with van der Waals surface area (Å²) in [7, 11) is 0. The molecule has 0 bridgehead atoms. The minimum absolute atomic E-state index is 0.133. The molecule has 2 aromatic rings. The summed E-state index contributed by atoms with van der Waals surface area (Å²) in [4.78, 5) is 62.1. The molecule has 4 rings (SSSR count). The Hall–Kier alpha value is -4.01. The molecule has 1 saturated heterocycles. The van der Waals surface area contributed by atoms with Crippen LogP contribution in [0.2, 0.25) is 0 Å². The van der Waals surface area contributed by atoms with Crippen molar-refractivity contribution in [2.45, 2.75) is 37.9 Å². The Bertz CT molecular complexity index is 1110. The molecule has 2 aliphatic heterocycles. The maximum Gasteiger partial charge on any atom is 0.326 e. The number of carbonyl (C=O) groups is 5. The summed E-state index contributed by atoms with van der Waals surface area (Å²) in [6, 6.07) is 11.6. The Labute approximate surface area is 183 Å². The Kier molecular flexibility index (Phi) is 5.72. The third-order valence-corrected chi connectivity index (χ3v) is 5.67. The van der Waals surface area contributed by atoms with Gasteiger partial charge in [0.25, 0.3) is 11.8 Å². The summed E-state index contributed by atoms with van der Waals surface area (Å²) in [6.45, 7) is 0.133. The maximum atomic E-state index is 12.8. The lowest BCUT2D eigenvalue weighted by atomic mass is 10.0. The molecule has 164 valence electrons. The van der Waals surface area contributed by atoms with Crippen molar-refractivity contribution in [1.82, 2.24) is 15.5 Å². The van der Waals surface area contributed by atoms with Crippen LogP contribution in [0.5, 0.6) is 0 Å². The zero-order chi connectivity index (χ0) is 22.8. The van der Waals surface area contributed by atoms with E-state index in [0.717, 1.165) is 5.56 Å². The molecular weight excluding hydrogens is 414 g/mol. The standard InChI is InChI=1S/C23H21N3O6/c27-19-9-8-18(21(29)25-19)26-12-15-11-14(6-7-16(15)22(26)30)20(28)24-17(23(31)32)10-13-4-2-1-3-5-13/h1-7,11,17-18H,8-10,12H2,(H,24,28)(H,31,32)(H,25,27,29)/t17-,18?/m1/s1. The number of carbonyl (C=O) groups excluding carboxylic acids is 4. The predicted octanol–water partition coefficient (Wildman–Crippen LogP) is 0.873. The molecule has 2 aromatic carbocycles. The van der Waals surface area contributed by atoms with Gasteiger partial charge in [-0.2, -0.15) is 0 Å². The van der Waals surface area contributed by atoms with E-state index in [9.17, 15) is 29.1 Å². The van der Waals surface area contributed by atoms with Gasteiger partial charge in [0, 0.05) is 30.5 Å². The van der Waals surface area contributed by atoms with Gasteiger partial charge in [0.15, 0.2) is 0 Å². The lowest BCUT2D eigenvalue weighted by Crippen LogP contribution is -2.52. The number of hydrogen-bond acceptors (Lipinski definition) is 5. The first-order valence-electron chi connectivity index (χ1n) is 10.2. The highest BCUT2D eigenvalue weighted by molar-refractivity contribution is 6.06. The molecule has 3 N–H and O–H groups in total. The number of nitrogens with zero attached hydrogens (tertiary/aromatic N) is 1. The van der Waals surface area contributed by atoms with Gasteiger partial charge in [-0.05, 0) is 35.7 Å². The highest BCUT2D eigenvalue weighted by Crippen LogP contribution is 2.28. The minimum atomic E-state index is -1.15. The number of rotatable bonds is 6. The molecule has 0 aliphatic carbocycles. The van der Waals surface area contributed by atoms with E-state index in [1.165, 1.54) is 23.1 Å². The zero-order valence-corrected chi connectivity index (χ0v) is 17.0. The SMILES string of the molecule is O=C1CCC(N2Cc3cc(C(=O)N[C@H](Cc4ccccc4)C(=O)O)ccc3C2=O)C(=O)N1. The summed E-state index contributed by atoms with van der Waals surface area (Å²) in [5, 5.41) is 14.3. The highest BCUT2D eigenvalue weighted by atomic mass is 16.4. The van der Waals surface area contributed by atoms with Crippen molar-refractivity contribution in [3.05, 3.63) is 70.8 Å². The van der Waals surface area contributed by atoms with Crippen molar-refractivity contribution in [3.8, 4) is 0 Å². The topological polar surface area (TPSA) is 133 Å². The molecule has 0 spiro atoms. The first-order valence-corrected chi connectivity index (χ1v) is 10.2. The predicted molar refractivity (Wildman–Crippen MR) is 112 cm³/mol. The number of imide groups is 1. The molecule has 0 aromatic heterocycles. The Morgan fingerprint density at radius 3 is 2.56 bits per heavy atom. The van der Waals surface area contributed by atoms with Crippen LogP contribution in [-0.4, -0.2) is 51.7 Å². The second-order valence-corrected chi connectivity index (χ2v) is 7.83. The summed E-state index contributed by atoms with van der Waals surface area (Å²) in [5.41, 5.74) is 1.95. The van der Waals surface area contributed by atoms with E-state index in [2.05, 4.69) is 10.6 Å². The van der Waals surface area contributed by atoms with Gasteiger partial charge in [0.05, 0.1) is 0 Å². The monoisotopic (exact) mass is 435 g/mol. The van der Waals surface area contributed by atoms with E-state index in [1.807, 2.05) is 6.07 Å². The first-order chi connectivity index (χ1) is 15.3. The number of carboxylic acid groups (broad SMARTS) is 1. The minimum Gasteiger partial charge on any atom is -0.480 e. The Morgan fingerprint density at radius 1 is 1.12 bits per heavy atom. The molecule has 1 unspecified atom stereocenters. The van der Waals surface area contributed by atoms with Gasteiger partial charge in [-0.25, -0.2) is 4.79 Å². The summed E-state index contributed by atoms with van der Waals surface area (Å²) in [5.74, 6) is -2.93. The van der Waals surface area contributed by atoms with Crippen LogP contribution < -0.4 is 10.6 Å². The van der Waals surface area contributed by atoms with Gasteiger partial charge in [-0.1, -0.05) is 30.3 Å². The van der Waals surface area contributed by atoms with E-state index in [0.29, 0.717) is 11.1 Å². The number of hydrogen-bond donors (Lipinski definition) is 3. The van der Waals surface area contributed by atoms with Crippen LogP contribution in [0.1, 0.15) is 44.7 Å². The summed E-state index contributed by atoms with van der Waals surface area (Å²) < 4.78 is 0. The Morgan fingerprint density at radius 2 is 1.88 bits per heavy atom. The molecule has 2 atom stereocenters. The quantitative estimate of drug-likeness (QED) is 0.577. The largest absolute Gasteiger partial charge is 0.480 e. The highest BCUT2D eigenvalue weighted by Gasteiger charge is 2.39. The van der Waals surface area contributed by atoms with Crippen molar-refractivity contribution in [3.63, 3.8) is 0 Å². The number of aliphatic carboxylic acids is 1. The fourth-order valence-electron chi connectivity index (χ4n) is 4.01. The van der Waals surface area contributed by atoms with Crippen molar-refractivity contribution in [2.24, 2.45) is 0 Å². The average Bonchev–Trinajstić information content (AvgIpc) is 3.09. The van der Waals surface area contributed by atoms with E-state index < -0.39 is 29.9 Å². The molecular formula is C23H21N3O6. The van der Waals surface area contributed by atoms with Crippen molar-refractivity contribution in [2.75, 3.05) is 0 Å². The third-order valence-electron chi connectivity index (χ3n) is 5.67. The van der Waals surface area contributed by atoms with E-state index >= 15 is 0 Å². The van der Waals surface area contributed by atoms with Crippen LogP contribution in [0.25, 0.3) is 0 Å². The normalized spacial score (nSPS) is 18.7. The maximum absolute atomic E-state index is 12.8. The summed E-state index contributed by atoms with van der Waals surface area (Å²) >= 11 is 0. The summed E-state index contributed by atoms with van der Waals surface area (Å²) in [6.07, 6.45) is 0.536. The third kappa shape index (κ3) is 4.22. The van der Waals surface area contributed by atoms with Crippen molar-refractivity contribution >= 4 is 29.6 Å². The van der Waals surface area contributed by atoms with Crippen molar-refractivity contribution < 1.29 is 29.1 Å². The fourth-order valence-corrected chi connectivity index (χ4v) is 4.01. The van der Waals surface area contributed by atoms with E-state index in [-0.39, 0.29) is 43.2 Å². The lowest BCUT2D eigenvalue weighted by Gasteiger charge is -2.29. The van der Waals surface area contributed by atoms with Crippen LogP contribution in [0.3, 0.4) is 0 Å². The van der Waals surface area contributed by atoms with Crippen LogP contribution in [-0.2, 0) is 27.3 Å². The van der Waals surface area contributed by atoms with E-state index in [4.69, 9.17) is 0 Å². The molecule has 9 nitrogen and oxygen atoms in total. The smallest absolute Gasteiger partial charge is 0.326 e. The van der Waals surface area contributed by atoms with Crippen LogP contribution in [0, 0.1) is 0 Å². The zero-order valence-electron chi connectivity index (χ0n) is 17.0. The number of nitrogens with one attached hydrogen (secondary N) is 2. The van der Waals surface area contributed by atoms with Gasteiger partial charge < -0.3 is 15.3 Å². The second-order valence-electron chi connectivity index (χ2n) is 7.83. The second kappa shape index (κ2) is 8.62. The first kappa shape index (κ1) is 21.2. The van der Waals surface area contributed by atoms with Gasteiger partial charge in [0.2, 0.25) is 11.8 Å². The number of fused-ring (bicyclic) bond motifs is 1. The molecule has 4 amide bonds. The number of carboxylic acids is 1. The number of piperidine rings is 1. The molecule has 0 saturated carbocycles. The van der Waals surface area contributed by atoms with Gasteiger partial charge in [-0.15, -0.1) is 0 Å². The Balaban J connectivity index is 1.48. The van der Waals surface area contributed by atoms with Crippen molar-refractivity contribution in [1.29, 1.82) is 0 Å². The average molecular weight is 435 g/mol. The molecule has 0 radical (unpaired) electrons. The van der Waals surface area contributed by atoms with Crippen LogP contribution in [0.4, 0.5) is 0 Å². The van der Waals surface area contributed by atoms with E-state index in [1.54, 1.807) is 24.3 Å². The van der Waals surface area contributed by atoms with Gasteiger partial charge >= 0.3 is 5.97 Å². The molecule has 2 heterocycles. The van der Waals surface area contributed by atoms with Crippen LogP contribution >= 0.6 is 0 Å². The number of amides is 4. The van der Waals surface area contributed by atoms with Gasteiger partial charge in [-0.3, -0.25) is 24.5 Å². The molecule has 1 fully saturated rings. The molecule has 9 heteroatoms. The van der Waals surface area contributed by atoms with Gasteiger partial charge in [0.1, 0.15) is 12.1 Å². The fraction of sp³-hybridized carbons (Fsp3) is 0.261. The van der Waals surface area contributed by atoms with Crippen LogP contribution in [0.15, 0.2) is 48.5 Å². The molecule has 2 aliphatic rings. The lowest BCUT2D eigenvalue weighted by molar-refractivity contribution is -0.139. The number of benzene rings is 2.